The number of hydrogen-bond acceptors (Lipinski definition) is 5. The number of halogens is 2. The number of aromatic nitrogens is 1. The molecule has 1 aromatic carbocycles. The molecule has 0 spiro atoms. The fourth-order valence-electron chi connectivity index (χ4n) is 2.83. The predicted molar refractivity (Wildman–Crippen MR) is 96.3 cm³/mol. The number of nitrogens with one attached hydrogen (secondary N) is 1. The first kappa shape index (κ1) is 18.4. The van der Waals surface area contributed by atoms with Crippen molar-refractivity contribution >= 4 is 23.2 Å². The molecule has 2 heterocycles. The minimum absolute atomic E-state index is 0.127. The first-order chi connectivity index (χ1) is 12.5. The maximum absolute atomic E-state index is 13.1. The summed E-state index contributed by atoms with van der Waals surface area (Å²) >= 11 is 5.97. The summed E-state index contributed by atoms with van der Waals surface area (Å²) in [7, 11) is 1.53. The van der Waals surface area contributed by atoms with Crippen molar-refractivity contribution in [2.75, 3.05) is 32.1 Å². The summed E-state index contributed by atoms with van der Waals surface area (Å²) in [6.45, 7) is 1.49. The first-order valence-corrected chi connectivity index (χ1v) is 8.56. The highest BCUT2D eigenvalue weighted by atomic mass is 35.5. The monoisotopic (exact) mass is 379 g/mol. The third-order valence-corrected chi connectivity index (χ3v) is 4.24. The molecule has 138 valence electrons. The summed E-state index contributed by atoms with van der Waals surface area (Å²) in [5.41, 5.74) is 0.529. The zero-order valence-electron chi connectivity index (χ0n) is 14.2. The molecule has 1 N–H and O–H groups in total. The molecule has 26 heavy (non-hydrogen) atoms. The van der Waals surface area contributed by atoms with Gasteiger partial charge in [0.15, 0.2) is 0 Å². The number of rotatable bonds is 6. The average molecular weight is 380 g/mol. The van der Waals surface area contributed by atoms with Crippen LogP contribution in [0.25, 0.3) is 0 Å². The van der Waals surface area contributed by atoms with Gasteiger partial charge in [-0.1, -0.05) is 17.7 Å². The van der Waals surface area contributed by atoms with Gasteiger partial charge in [0.05, 0.1) is 19.3 Å². The van der Waals surface area contributed by atoms with Crippen LogP contribution < -0.4 is 14.8 Å². The Morgan fingerprint density at radius 1 is 1.42 bits per heavy atom. The van der Waals surface area contributed by atoms with Gasteiger partial charge < -0.3 is 14.8 Å². The summed E-state index contributed by atoms with van der Waals surface area (Å²) in [5.74, 6) is 0.0508. The van der Waals surface area contributed by atoms with E-state index in [0.717, 1.165) is 6.42 Å². The Bertz CT molecular complexity index is 790. The number of carbonyl (C=O) groups is 1. The lowest BCUT2D eigenvalue weighted by Gasteiger charge is -2.17. The van der Waals surface area contributed by atoms with E-state index in [1.165, 1.54) is 13.2 Å². The second-order valence-corrected chi connectivity index (χ2v) is 6.39. The Kier molecular flexibility index (Phi) is 5.90. The van der Waals surface area contributed by atoms with Crippen LogP contribution in [0.3, 0.4) is 0 Å². The number of carbonyl (C=O) groups excluding carboxylic acids is 1. The topological polar surface area (TPSA) is 63.7 Å². The van der Waals surface area contributed by atoms with Crippen LogP contribution in [-0.4, -0.2) is 48.6 Å². The molecule has 8 heteroatoms. The smallest absolute Gasteiger partial charge is 0.238 e. The number of nitrogens with zero attached hydrogens (tertiary/aromatic N) is 2. The fourth-order valence-corrected chi connectivity index (χ4v) is 3.01. The van der Waals surface area contributed by atoms with Gasteiger partial charge in [-0.05, 0) is 30.7 Å². The minimum atomic E-state index is -0.577. The maximum Gasteiger partial charge on any atom is 0.238 e. The Balaban J connectivity index is 1.52. The van der Waals surface area contributed by atoms with E-state index in [-0.39, 0.29) is 24.4 Å². The molecular formula is C18H19ClFN3O3. The number of methoxy groups -OCH3 is 1. The van der Waals surface area contributed by atoms with E-state index in [4.69, 9.17) is 21.1 Å². The highest BCUT2D eigenvalue weighted by Crippen LogP contribution is 2.27. The normalized spacial score (nSPS) is 17.1. The van der Waals surface area contributed by atoms with Gasteiger partial charge in [0.25, 0.3) is 0 Å². The number of hydrogen-bond donors (Lipinski definition) is 1. The van der Waals surface area contributed by atoms with Crippen LogP contribution in [0.5, 0.6) is 11.6 Å². The van der Waals surface area contributed by atoms with E-state index in [1.54, 1.807) is 30.3 Å². The molecule has 1 atom stereocenters. The van der Waals surface area contributed by atoms with E-state index in [9.17, 15) is 9.18 Å². The van der Waals surface area contributed by atoms with Crippen molar-refractivity contribution in [3.8, 4) is 11.6 Å². The molecule has 6 nitrogen and oxygen atoms in total. The van der Waals surface area contributed by atoms with Gasteiger partial charge in [-0.25, -0.2) is 0 Å². The quantitative estimate of drug-likeness (QED) is 0.782. The zero-order chi connectivity index (χ0) is 18.5. The average Bonchev–Trinajstić information content (AvgIpc) is 3.01. The molecule has 1 amide bonds. The zero-order valence-corrected chi connectivity index (χ0v) is 15.0. The van der Waals surface area contributed by atoms with Crippen LogP contribution in [0, 0.1) is 5.95 Å². The van der Waals surface area contributed by atoms with Crippen molar-refractivity contribution in [1.29, 1.82) is 0 Å². The fraction of sp³-hybridized carbons (Fsp3) is 0.333. The molecular weight excluding hydrogens is 361 g/mol. The number of pyridine rings is 1. The standard InChI is InChI=1S/C18H19ClFN3O3/c1-25-15-6-5-12(19)9-14(15)21-17(24)11-23-8-7-13(10-23)26-18-4-2-3-16(20)22-18/h2-6,9,13H,7-8,10-11H2,1H3,(H,21,24). The van der Waals surface area contributed by atoms with Gasteiger partial charge in [-0.15, -0.1) is 0 Å². The summed E-state index contributed by atoms with van der Waals surface area (Å²) in [6.07, 6.45) is 0.615. The second kappa shape index (κ2) is 8.33. The molecule has 3 rings (SSSR count). The van der Waals surface area contributed by atoms with E-state index >= 15 is 0 Å². The summed E-state index contributed by atoms with van der Waals surface area (Å²) in [5, 5.41) is 3.32. The highest BCUT2D eigenvalue weighted by Gasteiger charge is 2.26. The van der Waals surface area contributed by atoms with Crippen molar-refractivity contribution in [2.45, 2.75) is 12.5 Å². The highest BCUT2D eigenvalue weighted by molar-refractivity contribution is 6.31. The second-order valence-electron chi connectivity index (χ2n) is 5.95. The molecule has 0 aliphatic carbocycles. The van der Waals surface area contributed by atoms with Crippen molar-refractivity contribution < 1.29 is 18.7 Å². The molecule has 0 radical (unpaired) electrons. The molecule has 1 fully saturated rings. The number of likely N-dealkylation sites (tertiary alicyclic amines) is 1. The van der Waals surface area contributed by atoms with Gasteiger partial charge in [-0.2, -0.15) is 9.37 Å². The molecule has 1 aliphatic heterocycles. The molecule has 1 unspecified atom stereocenters. The van der Waals surface area contributed by atoms with E-state index in [0.29, 0.717) is 29.5 Å². The van der Waals surface area contributed by atoms with Crippen LogP contribution in [0.4, 0.5) is 10.1 Å². The van der Waals surface area contributed by atoms with Crippen LogP contribution in [0.1, 0.15) is 6.42 Å². The number of anilines is 1. The summed E-state index contributed by atoms with van der Waals surface area (Å²) in [6, 6.07) is 9.47. The third-order valence-electron chi connectivity index (χ3n) is 4.01. The Labute approximate surface area is 155 Å². The molecule has 0 bridgehead atoms. The van der Waals surface area contributed by atoms with Crippen molar-refractivity contribution in [3.63, 3.8) is 0 Å². The predicted octanol–water partition coefficient (Wildman–Crippen LogP) is 2.97. The van der Waals surface area contributed by atoms with Crippen LogP contribution in [-0.2, 0) is 4.79 Å². The molecule has 2 aromatic rings. The SMILES string of the molecule is COc1ccc(Cl)cc1NC(=O)CN1CCC(Oc2cccc(F)n2)C1. The van der Waals surface area contributed by atoms with Crippen LogP contribution in [0.2, 0.25) is 5.02 Å². The third kappa shape index (κ3) is 4.83. The van der Waals surface area contributed by atoms with E-state index in [1.807, 2.05) is 4.90 Å². The van der Waals surface area contributed by atoms with Crippen molar-refractivity contribution in [1.82, 2.24) is 9.88 Å². The van der Waals surface area contributed by atoms with Gasteiger partial charge >= 0.3 is 0 Å². The maximum atomic E-state index is 13.1. The Hall–Kier alpha value is -2.38. The molecule has 1 saturated heterocycles. The van der Waals surface area contributed by atoms with Crippen molar-refractivity contribution in [2.24, 2.45) is 0 Å². The lowest BCUT2D eigenvalue weighted by Crippen LogP contribution is -2.33. The minimum Gasteiger partial charge on any atom is -0.495 e. The molecule has 1 aromatic heterocycles. The Morgan fingerprint density at radius 2 is 2.27 bits per heavy atom. The van der Waals surface area contributed by atoms with Crippen molar-refractivity contribution in [3.05, 3.63) is 47.4 Å². The molecule has 1 aliphatic rings. The lowest BCUT2D eigenvalue weighted by atomic mass is 10.3. The molecule has 0 saturated carbocycles. The Morgan fingerprint density at radius 3 is 3.04 bits per heavy atom. The number of ether oxygens (including phenoxy) is 2. The van der Waals surface area contributed by atoms with E-state index < -0.39 is 5.95 Å². The van der Waals surface area contributed by atoms with Crippen LogP contribution in [0.15, 0.2) is 36.4 Å². The largest absolute Gasteiger partial charge is 0.495 e. The van der Waals surface area contributed by atoms with Gasteiger partial charge in [0.1, 0.15) is 11.9 Å². The first-order valence-electron chi connectivity index (χ1n) is 8.18. The van der Waals surface area contributed by atoms with Crippen LogP contribution >= 0.6 is 11.6 Å². The van der Waals surface area contributed by atoms with Gasteiger partial charge in [-0.3, -0.25) is 9.69 Å². The number of benzene rings is 1. The van der Waals surface area contributed by atoms with Gasteiger partial charge in [0.2, 0.25) is 17.7 Å². The summed E-state index contributed by atoms with van der Waals surface area (Å²) < 4.78 is 24.0. The van der Waals surface area contributed by atoms with Gasteiger partial charge in [0, 0.05) is 24.2 Å². The van der Waals surface area contributed by atoms with E-state index in [2.05, 4.69) is 10.3 Å². The number of amides is 1. The summed E-state index contributed by atoms with van der Waals surface area (Å²) in [4.78, 5) is 18.0. The lowest BCUT2D eigenvalue weighted by molar-refractivity contribution is -0.117.